The molecule has 0 amide bonds. The summed E-state index contributed by atoms with van der Waals surface area (Å²) in [5.41, 5.74) is 0. The Morgan fingerprint density at radius 3 is 1.81 bits per heavy atom. The molecule has 0 atom stereocenters. The highest BCUT2D eigenvalue weighted by atomic mass is 16.5. The van der Waals surface area contributed by atoms with Gasteiger partial charge in [0.05, 0.1) is 0 Å². The number of rotatable bonds is 13. The van der Waals surface area contributed by atoms with Crippen LogP contribution in [0.25, 0.3) is 0 Å². The smallest absolute Gasteiger partial charge is 0.0466 e. The van der Waals surface area contributed by atoms with Crippen molar-refractivity contribution in [3.63, 3.8) is 0 Å². The Balaban J connectivity index is 2.83. The van der Waals surface area contributed by atoms with Gasteiger partial charge in [0.2, 0.25) is 0 Å². The van der Waals surface area contributed by atoms with Crippen molar-refractivity contribution in [1.82, 2.24) is 5.32 Å². The summed E-state index contributed by atoms with van der Waals surface area (Å²) >= 11 is 0. The van der Waals surface area contributed by atoms with Crippen LogP contribution in [-0.2, 0) is 4.74 Å². The van der Waals surface area contributed by atoms with Gasteiger partial charge in [-0.15, -0.1) is 0 Å². The maximum absolute atomic E-state index is 5.20. The van der Waals surface area contributed by atoms with Crippen molar-refractivity contribution >= 4 is 0 Å². The van der Waals surface area contributed by atoms with Crippen molar-refractivity contribution in [2.75, 3.05) is 26.8 Å². The molecule has 0 aromatic carbocycles. The van der Waals surface area contributed by atoms with Gasteiger partial charge in [-0.05, 0) is 33.4 Å². The second kappa shape index (κ2) is 14.9. The van der Waals surface area contributed by atoms with Gasteiger partial charge in [0, 0.05) is 13.2 Å². The van der Waals surface area contributed by atoms with E-state index in [1.54, 1.807) is 0 Å². The lowest BCUT2D eigenvalue weighted by Crippen LogP contribution is -2.06. The highest BCUT2D eigenvalue weighted by molar-refractivity contribution is 4.48. The van der Waals surface area contributed by atoms with Crippen LogP contribution in [0.4, 0.5) is 0 Å². The summed E-state index contributed by atoms with van der Waals surface area (Å²) in [6.07, 6.45) is 12.3. The van der Waals surface area contributed by atoms with Gasteiger partial charge in [0.1, 0.15) is 0 Å². The largest absolute Gasteiger partial charge is 0.381 e. The highest BCUT2D eigenvalue weighted by Gasteiger charge is 1.92. The lowest BCUT2D eigenvalue weighted by atomic mass is 10.1. The minimum absolute atomic E-state index is 0.618. The van der Waals surface area contributed by atoms with E-state index >= 15 is 0 Å². The Hall–Kier alpha value is -0.0800. The first-order valence-corrected chi connectivity index (χ1v) is 6.93. The van der Waals surface area contributed by atoms with Crippen LogP contribution in [0, 0.1) is 6.92 Å². The molecule has 0 saturated carbocycles. The number of unbranched alkanes of at least 4 members (excludes halogenated alkanes) is 8. The summed E-state index contributed by atoms with van der Waals surface area (Å²) in [4.78, 5) is 0. The third kappa shape index (κ3) is 13.9. The zero-order chi connectivity index (χ0) is 11.9. The Labute approximate surface area is 102 Å². The van der Waals surface area contributed by atoms with Crippen molar-refractivity contribution in [2.24, 2.45) is 0 Å². The molecule has 2 nitrogen and oxygen atoms in total. The Kier molecular flexibility index (Phi) is 14.8. The van der Waals surface area contributed by atoms with Gasteiger partial charge in [-0.2, -0.15) is 0 Å². The summed E-state index contributed by atoms with van der Waals surface area (Å²) in [5.74, 6) is 0. The first-order valence-electron chi connectivity index (χ1n) is 6.93. The molecular formula is C14H30NO. The van der Waals surface area contributed by atoms with Gasteiger partial charge < -0.3 is 10.1 Å². The molecule has 0 rings (SSSR count). The summed E-state index contributed by atoms with van der Waals surface area (Å²) < 4.78 is 5.20. The number of hydrogen-bond acceptors (Lipinski definition) is 2. The number of ether oxygens (including phenoxy) is 1. The van der Waals surface area contributed by atoms with E-state index in [-0.39, 0.29) is 0 Å². The van der Waals surface area contributed by atoms with Crippen LogP contribution >= 0.6 is 0 Å². The van der Waals surface area contributed by atoms with Crippen molar-refractivity contribution < 1.29 is 4.74 Å². The van der Waals surface area contributed by atoms with Crippen molar-refractivity contribution in [1.29, 1.82) is 0 Å². The standard InChI is InChI=1S/C14H30NO/c1-3-16-14-12-10-8-6-4-5-7-9-11-13-15-2/h15H,1,3-14H2,2H3. The van der Waals surface area contributed by atoms with E-state index in [1.807, 2.05) is 7.05 Å². The average Bonchev–Trinajstić information content (AvgIpc) is 2.31. The Morgan fingerprint density at radius 1 is 0.812 bits per heavy atom. The number of hydrogen-bond donors (Lipinski definition) is 1. The molecule has 0 spiro atoms. The Bertz CT molecular complexity index is 103. The molecule has 0 unspecified atom stereocenters. The quantitative estimate of drug-likeness (QED) is 0.487. The van der Waals surface area contributed by atoms with E-state index in [0.717, 1.165) is 6.61 Å². The van der Waals surface area contributed by atoms with Crippen molar-refractivity contribution in [3.8, 4) is 0 Å². The highest BCUT2D eigenvalue weighted by Crippen LogP contribution is 2.09. The van der Waals surface area contributed by atoms with Gasteiger partial charge in [0.15, 0.2) is 0 Å². The molecule has 0 bridgehead atoms. The molecule has 0 heterocycles. The first kappa shape index (κ1) is 15.9. The normalized spacial score (nSPS) is 10.9. The molecule has 1 radical (unpaired) electrons. The fraction of sp³-hybridized carbons (Fsp3) is 0.929. The predicted octanol–water partition coefficient (Wildman–Crippen LogP) is 3.57. The molecule has 0 aliphatic rings. The van der Waals surface area contributed by atoms with Crippen LogP contribution in [0.3, 0.4) is 0 Å². The molecule has 97 valence electrons. The van der Waals surface area contributed by atoms with Gasteiger partial charge in [0.25, 0.3) is 0 Å². The van der Waals surface area contributed by atoms with E-state index < -0.39 is 0 Å². The first-order chi connectivity index (χ1) is 7.91. The van der Waals surface area contributed by atoms with Crippen LogP contribution in [0.1, 0.15) is 57.8 Å². The lowest BCUT2D eigenvalue weighted by molar-refractivity contribution is 0.156. The second-order valence-electron chi connectivity index (χ2n) is 4.40. The van der Waals surface area contributed by atoms with Crippen molar-refractivity contribution in [2.45, 2.75) is 57.8 Å². The fourth-order valence-electron chi connectivity index (χ4n) is 1.85. The van der Waals surface area contributed by atoms with Crippen LogP contribution in [0.2, 0.25) is 0 Å². The molecule has 2 heteroatoms. The van der Waals surface area contributed by atoms with E-state index in [0.29, 0.717) is 6.61 Å². The Morgan fingerprint density at radius 2 is 1.31 bits per heavy atom. The van der Waals surface area contributed by atoms with Crippen LogP contribution < -0.4 is 5.32 Å². The van der Waals surface area contributed by atoms with E-state index in [2.05, 4.69) is 12.2 Å². The molecule has 0 aromatic heterocycles. The predicted molar refractivity (Wildman–Crippen MR) is 71.7 cm³/mol. The summed E-state index contributed by atoms with van der Waals surface area (Å²) in [6.45, 7) is 6.33. The van der Waals surface area contributed by atoms with Crippen LogP contribution in [0.5, 0.6) is 0 Å². The SMILES string of the molecule is [CH2]COCCCCCCCCCCCNC. The molecular weight excluding hydrogens is 198 g/mol. The summed E-state index contributed by atoms with van der Waals surface area (Å²) in [5, 5.41) is 3.19. The average molecular weight is 228 g/mol. The fourth-order valence-corrected chi connectivity index (χ4v) is 1.85. The topological polar surface area (TPSA) is 21.3 Å². The molecule has 0 aliphatic heterocycles. The molecule has 1 N–H and O–H groups in total. The maximum Gasteiger partial charge on any atom is 0.0466 e. The third-order valence-corrected chi connectivity index (χ3v) is 2.86. The molecule has 0 saturated heterocycles. The van der Waals surface area contributed by atoms with Gasteiger partial charge in [-0.25, -0.2) is 0 Å². The minimum atomic E-state index is 0.618. The third-order valence-electron chi connectivity index (χ3n) is 2.86. The summed E-state index contributed by atoms with van der Waals surface area (Å²) in [6, 6.07) is 0. The monoisotopic (exact) mass is 228 g/mol. The van der Waals surface area contributed by atoms with Gasteiger partial charge in [-0.1, -0.05) is 44.9 Å². The van der Waals surface area contributed by atoms with E-state index in [9.17, 15) is 0 Å². The lowest BCUT2D eigenvalue weighted by Gasteiger charge is -2.03. The van der Waals surface area contributed by atoms with Gasteiger partial charge in [-0.3, -0.25) is 0 Å². The molecule has 0 aromatic rings. The van der Waals surface area contributed by atoms with Crippen LogP contribution in [0.15, 0.2) is 0 Å². The van der Waals surface area contributed by atoms with Gasteiger partial charge >= 0.3 is 0 Å². The maximum atomic E-state index is 5.20. The zero-order valence-electron chi connectivity index (χ0n) is 11.1. The zero-order valence-corrected chi connectivity index (χ0v) is 11.1. The number of nitrogens with one attached hydrogen (secondary N) is 1. The molecule has 0 aliphatic carbocycles. The second-order valence-corrected chi connectivity index (χ2v) is 4.40. The molecule has 0 fully saturated rings. The minimum Gasteiger partial charge on any atom is -0.381 e. The molecule has 16 heavy (non-hydrogen) atoms. The summed E-state index contributed by atoms with van der Waals surface area (Å²) in [7, 11) is 2.03. The van der Waals surface area contributed by atoms with E-state index in [1.165, 1.54) is 64.3 Å². The van der Waals surface area contributed by atoms with E-state index in [4.69, 9.17) is 4.74 Å². The van der Waals surface area contributed by atoms with Crippen molar-refractivity contribution in [3.05, 3.63) is 6.92 Å². The van der Waals surface area contributed by atoms with Crippen LogP contribution in [-0.4, -0.2) is 26.8 Å².